The zero-order valence-corrected chi connectivity index (χ0v) is 27.6. The van der Waals surface area contributed by atoms with Crippen molar-refractivity contribution < 1.29 is 38.3 Å². The third-order valence-corrected chi connectivity index (χ3v) is 8.34. The van der Waals surface area contributed by atoms with Crippen molar-refractivity contribution in [3.05, 3.63) is 102 Å². The molecule has 4 aromatic rings. The van der Waals surface area contributed by atoms with Gasteiger partial charge in [-0.25, -0.2) is 0 Å². The minimum Gasteiger partial charge on any atom is -0.496 e. The smallest absolute Gasteiger partial charge is 0.127 e. The predicted molar refractivity (Wildman–Crippen MR) is 182 cm³/mol. The number of aliphatic hydroxyl groups excluding tert-OH is 1. The molecule has 4 aromatic carbocycles. The van der Waals surface area contributed by atoms with Crippen molar-refractivity contribution in [1.82, 2.24) is 5.32 Å². The van der Waals surface area contributed by atoms with Crippen LogP contribution < -0.4 is 19.5 Å². The Bertz CT molecular complexity index is 1510. The largest absolute Gasteiger partial charge is 0.496 e. The van der Waals surface area contributed by atoms with E-state index in [2.05, 4.69) is 35.6 Å². The third-order valence-electron chi connectivity index (χ3n) is 8.34. The highest BCUT2D eigenvalue weighted by Crippen LogP contribution is 2.33. The van der Waals surface area contributed by atoms with E-state index in [0.717, 1.165) is 51.1 Å². The van der Waals surface area contributed by atoms with E-state index in [1.165, 1.54) is 0 Å². The minimum absolute atomic E-state index is 0.0641. The second-order valence-corrected chi connectivity index (χ2v) is 11.7. The molecule has 1 heterocycles. The molecule has 0 spiro atoms. The molecule has 1 fully saturated rings. The van der Waals surface area contributed by atoms with E-state index in [-0.39, 0.29) is 31.3 Å². The molecule has 5 rings (SSSR count). The summed E-state index contributed by atoms with van der Waals surface area (Å²) in [6, 6.07) is 28.4. The maximum absolute atomic E-state index is 10.3. The van der Waals surface area contributed by atoms with Gasteiger partial charge < -0.3 is 43.6 Å². The summed E-state index contributed by atoms with van der Waals surface area (Å²) in [7, 11) is 4.93. The predicted octanol–water partition coefficient (Wildman–Crippen LogP) is 5.51. The molecule has 4 atom stereocenters. The Hall–Kier alpha value is -3.70. The molecule has 252 valence electrons. The summed E-state index contributed by atoms with van der Waals surface area (Å²) >= 11 is 0. The number of para-hydroxylation sites is 1. The van der Waals surface area contributed by atoms with Crippen molar-refractivity contribution in [2.45, 2.75) is 43.9 Å². The Morgan fingerprint density at radius 3 is 2.30 bits per heavy atom. The molecule has 1 aliphatic rings. The molecule has 0 radical (unpaired) electrons. The fourth-order valence-electron chi connectivity index (χ4n) is 6.02. The summed E-state index contributed by atoms with van der Waals surface area (Å²) in [5.41, 5.74) is 3.15. The molecule has 0 bridgehead atoms. The van der Waals surface area contributed by atoms with Crippen LogP contribution in [0.2, 0.25) is 0 Å². The molecule has 2 N–H and O–H groups in total. The normalized spacial score (nSPS) is 18.6. The number of fused-ring (bicyclic) bond motifs is 1. The molecule has 0 aromatic heterocycles. The first-order valence-electron chi connectivity index (χ1n) is 16.2. The van der Waals surface area contributed by atoms with Gasteiger partial charge in [-0.15, -0.1) is 0 Å². The fourth-order valence-corrected chi connectivity index (χ4v) is 6.02. The van der Waals surface area contributed by atoms with Crippen LogP contribution in [0.5, 0.6) is 17.2 Å². The molecule has 0 amide bonds. The lowest BCUT2D eigenvalue weighted by Crippen LogP contribution is -2.51. The SMILES string of the molecule is COC[C@@H](O)CO[C@H]1CNC[C@H](OCc2cc(OC)c3ccccc3c2)[C@H]1c1ccc(OCCCOCc2ccccc2OC)cc1. The fraction of sp³-hybridized carbons (Fsp3) is 0.421. The van der Waals surface area contributed by atoms with Crippen LogP contribution in [0, 0.1) is 0 Å². The Labute approximate surface area is 277 Å². The van der Waals surface area contributed by atoms with Crippen molar-refractivity contribution in [2.24, 2.45) is 0 Å². The molecule has 9 nitrogen and oxygen atoms in total. The number of aliphatic hydroxyl groups is 1. The van der Waals surface area contributed by atoms with Gasteiger partial charge in [0, 0.05) is 43.5 Å². The van der Waals surface area contributed by atoms with E-state index in [1.807, 2.05) is 54.6 Å². The number of methoxy groups -OCH3 is 3. The van der Waals surface area contributed by atoms with Crippen molar-refractivity contribution in [3.63, 3.8) is 0 Å². The molecule has 47 heavy (non-hydrogen) atoms. The molecular weight excluding hydrogens is 598 g/mol. The average Bonchev–Trinajstić information content (AvgIpc) is 3.11. The molecule has 0 aliphatic carbocycles. The highest BCUT2D eigenvalue weighted by Gasteiger charge is 2.36. The number of benzene rings is 4. The van der Waals surface area contributed by atoms with Gasteiger partial charge in [0.2, 0.25) is 0 Å². The van der Waals surface area contributed by atoms with Gasteiger partial charge in [0.1, 0.15) is 23.4 Å². The number of piperidine rings is 1. The van der Waals surface area contributed by atoms with Crippen LogP contribution in [0.1, 0.15) is 29.0 Å². The van der Waals surface area contributed by atoms with E-state index in [1.54, 1.807) is 21.3 Å². The Balaban J connectivity index is 1.21. The van der Waals surface area contributed by atoms with Crippen molar-refractivity contribution in [2.75, 3.05) is 60.8 Å². The quantitative estimate of drug-likeness (QED) is 0.136. The third kappa shape index (κ3) is 9.67. The molecule has 1 saturated heterocycles. The van der Waals surface area contributed by atoms with Crippen molar-refractivity contribution >= 4 is 10.8 Å². The molecule has 9 heteroatoms. The lowest BCUT2D eigenvalue weighted by molar-refractivity contribution is -0.0856. The number of hydrogen-bond acceptors (Lipinski definition) is 9. The van der Waals surface area contributed by atoms with Crippen LogP contribution in [0.4, 0.5) is 0 Å². The van der Waals surface area contributed by atoms with Crippen molar-refractivity contribution in [1.29, 1.82) is 0 Å². The topological polar surface area (TPSA) is 96.9 Å². The molecular formula is C38H47NO8. The second kappa shape index (κ2) is 18.0. The van der Waals surface area contributed by atoms with E-state index in [4.69, 9.17) is 33.2 Å². The van der Waals surface area contributed by atoms with Gasteiger partial charge in [-0.3, -0.25) is 0 Å². The van der Waals surface area contributed by atoms with Gasteiger partial charge >= 0.3 is 0 Å². The van der Waals surface area contributed by atoms with Crippen LogP contribution in [0.3, 0.4) is 0 Å². The van der Waals surface area contributed by atoms with Gasteiger partial charge in [-0.2, -0.15) is 0 Å². The van der Waals surface area contributed by atoms with Crippen LogP contribution in [0.15, 0.2) is 84.9 Å². The Morgan fingerprint density at radius 1 is 0.766 bits per heavy atom. The van der Waals surface area contributed by atoms with Gasteiger partial charge in [-0.05, 0) is 46.8 Å². The maximum Gasteiger partial charge on any atom is 0.127 e. The lowest BCUT2D eigenvalue weighted by atomic mass is 9.85. The maximum atomic E-state index is 10.3. The summed E-state index contributed by atoms with van der Waals surface area (Å²) in [5, 5.41) is 15.9. The summed E-state index contributed by atoms with van der Waals surface area (Å²) in [6.45, 7) is 3.74. The Kier molecular flexibility index (Phi) is 13.3. The van der Waals surface area contributed by atoms with Gasteiger partial charge in [0.05, 0.1) is 66.1 Å². The van der Waals surface area contributed by atoms with Gasteiger partial charge in [0.25, 0.3) is 0 Å². The van der Waals surface area contributed by atoms with Crippen molar-refractivity contribution in [3.8, 4) is 17.2 Å². The summed E-state index contributed by atoms with van der Waals surface area (Å²) in [5.74, 6) is 2.39. The van der Waals surface area contributed by atoms with Gasteiger partial charge in [0.15, 0.2) is 0 Å². The monoisotopic (exact) mass is 645 g/mol. The minimum atomic E-state index is -0.707. The van der Waals surface area contributed by atoms with Crippen LogP contribution >= 0.6 is 0 Å². The van der Waals surface area contributed by atoms with E-state index in [0.29, 0.717) is 39.5 Å². The number of ether oxygens (including phenoxy) is 7. The van der Waals surface area contributed by atoms with Crippen LogP contribution in [-0.4, -0.2) is 84.3 Å². The Morgan fingerprint density at radius 2 is 1.51 bits per heavy atom. The zero-order valence-electron chi connectivity index (χ0n) is 27.6. The first-order valence-corrected chi connectivity index (χ1v) is 16.2. The average molecular weight is 646 g/mol. The summed E-state index contributed by atoms with van der Waals surface area (Å²) in [6.07, 6.45) is -0.321. The second-order valence-electron chi connectivity index (χ2n) is 11.7. The first kappa shape index (κ1) is 34.6. The molecule has 0 saturated carbocycles. The number of rotatable bonds is 18. The summed E-state index contributed by atoms with van der Waals surface area (Å²) in [4.78, 5) is 0. The number of nitrogens with one attached hydrogen (secondary N) is 1. The van der Waals surface area contributed by atoms with Gasteiger partial charge in [-0.1, -0.05) is 54.6 Å². The number of hydrogen-bond donors (Lipinski definition) is 2. The van der Waals surface area contributed by atoms with Crippen LogP contribution in [0.25, 0.3) is 10.8 Å². The van der Waals surface area contributed by atoms with E-state index in [9.17, 15) is 5.11 Å². The summed E-state index contributed by atoms with van der Waals surface area (Å²) < 4.78 is 40.9. The molecule has 1 aliphatic heterocycles. The van der Waals surface area contributed by atoms with E-state index >= 15 is 0 Å². The zero-order chi connectivity index (χ0) is 32.8. The standard InChI is InChI=1S/C38H47NO8/c1-41-25-31(40)26-47-37-22-39-21-36(46-23-27-19-29-9-4-6-11-33(29)35(20-27)43-3)38(37)28-13-15-32(16-14-28)45-18-8-17-44-24-30-10-5-7-12-34(30)42-2/h4-7,9-16,19-20,31,36-40H,8,17-18,21-26H2,1-3H3/t31-,36+,37+,38-/m1/s1. The highest BCUT2D eigenvalue weighted by molar-refractivity contribution is 5.89. The highest BCUT2D eigenvalue weighted by atomic mass is 16.5. The first-order chi connectivity index (χ1) is 23.1. The molecule has 0 unspecified atom stereocenters. The lowest BCUT2D eigenvalue weighted by Gasteiger charge is -2.39. The van der Waals surface area contributed by atoms with Crippen LogP contribution in [-0.2, 0) is 32.2 Å². The van der Waals surface area contributed by atoms with E-state index < -0.39 is 6.10 Å².